The molecule has 2 aromatic carbocycles. The number of nitro groups is 1. The number of benzene rings is 2. The maximum absolute atomic E-state index is 11.0. The van der Waals surface area contributed by atoms with Crippen LogP contribution in [-0.4, -0.2) is 21.3 Å². The summed E-state index contributed by atoms with van der Waals surface area (Å²) in [7, 11) is 0. The third-order valence-electron chi connectivity index (χ3n) is 3.64. The van der Waals surface area contributed by atoms with E-state index in [-0.39, 0.29) is 11.6 Å². The Morgan fingerprint density at radius 3 is 2.62 bits per heavy atom. The number of hydrogen-bond donors (Lipinski definition) is 1. The Morgan fingerprint density at radius 2 is 1.90 bits per heavy atom. The van der Waals surface area contributed by atoms with E-state index in [2.05, 4.69) is 15.2 Å². The fourth-order valence-corrected chi connectivity index (χ4v) is 2.86. The van der Waals surface area contributed by atoms with Gasteiger partial charge in [-0.2, -0.15) is 5.10 Å². The summed E-state index contributed by atoms with van der Waals surface area (Å²) in [6, 6.07) is 19.6. The van der Waals surface area contributed by atoms with Crippen LogP contribution in [0.15, 0.2) is 83.1 Å². The fraction of sp³-hybridized carbons (Fsp3) is 0.0500. The van der Waals surface area contributed by atoms with Gasteiger partial charge in [-0.25, -0.2) is 4.98 Å². The molecule has 146 valence electrons. The number of nitrogens with zero attached hydrogens (tertiary/aromatic N) is 4. The molecule has 0 spiro atoms. The Morgan fingerprint density at radius 1 is 1.14 bits per heavy atom. The van der Waals surface area contributed by atoms with Crippen LogP contribution in [0.1, 0.15) is 11.1 Å². The highest BCUT2D eigenvalue weighted by Crippen LogP contribution is 2.28. The first-order valence-electron chi connectivity index (χ1n) is 8.52. The SMILES string of the molecule is NC(=NN=Cc1ccc(Oc2ncccc2[N+](=O)[O-])cc1)SCc1ccccc1. The van der Waals surface area contributed by atoms with E-state index in [1.165, 1.54) is 30.1 Å². The van der Waals surface area contributed by atoms with Crippen molar-refractivity contribution in [2.24, 2.45) is 15.9 Å². The monoisotopic (exact) mass is 407 g/mol. The van der Waals surface area contributed by atoms with E-state index in [4.69, 9.17) is 10.5 Å². The molecule has 8 nitrogen and oxygen atoms in total. The first-order chi connectivity index (χ1) is 14.1. The van der Waals surface area contributed by atoms with Crippen molar-refractivity contribution in [3.05, 3.63) is 94.2 Å². The summed E-state index contributed by atoms with van der Waals surface area (Å²) in [5.41, 5.74) is 7.58. The van der Waals surface area contributed by atoms with Crippen LogP contribution >= 0.6 is 11.8 Å². The molecule has 1 aromatic heterocycles. The van der Waals surface area contributed by atoms with Gasteiger partial charge in [0.15, 0.2) is 5.17 Å². The minimum Gasteiger partial charge on any atom is -0.434 e. The van der Waals surface area contributed by atoms with Crippen LogP contribution in [0.25, 0.3) is 0 Å². The maximum Gasteiger partial charge on any atom is 0.331 e. The molecule has 9 heteroatoms. The Balaban J connectivity index is 1.57. The molecule has 0 fully saturated rings. The number of rotatable bonds is 7. The van der Waals surface area contributed by atoms with Crippen molar-refractivity contribution >= 4 is 28.8 Å². The van der Waals surface area contributed by atoms with Crippen LogP contribution in [0.3, 0.4) is 0 Å². The second kappa shape index (κ2) is 10.00. The summed E-state index contributed by atoms with van der Waals surface area (Å²) in [5.74, 6) is 1.08. The molecule has 0 amide bonds. The van der Waals surface area contributed by atoms with Crippen molar-refractivity contribution in [1.82, 2.24) is 4.98 Å². The summed E-state index contributed by atoms with van der Waals surface area (Å²) in [5, 5.41) is 19.3. The molecule has 3 rings (SSSR count). The van der Waals surface area contributed by atoms with Gasteiger partial charge in [-0.3, -0.25) is 10.1 Å². The molecule has 0 bridgehead atoms. The van der Waals surface area contributed by atoms with Gasteiger partial charge in [0.05, 0.1) is 11.1 Å². The Hall–Kier alpha value is -3.72. The minimum absolute atomic E-state index is 0.0632. The minimum atomic E-state index is -0.540. The van der Waals surface area contributed by atoms with Crippen molar-refractivity contribution in [2.45, 2.75) is 5.75 Å². The molecule has 1 heterocycles. The van der Waals surface area contributed by atoms with E-state index in [1.54, 1.807) is 30.5 Å². The predicted octanol–water partition coefficient (Wildman–Crippen LogP) is 4.36. The van der Waals surface area contributed by atoms with Crippen LogP contribution in [0.4, 0.5) is 5.69 Å². The van der Waals surface area contributed by atoms with Gasteiger partial charge in [0, 0.05) is 18.0 Å². The van der Waals surface area contributed by atoms with Crippen molar-refractivity contribution in [1.29, 1.82) is 0 Å². The average Bonchev–Trinajstić information content (AvgIpc) is 2.74. The smallest absolute Gasteiger partial charge is 0.331 e. The van der Waals surface area contributed by atoms with Gasteiger partial charge < -0.3 is 10.5 Å². The second-order valence-corrected chi connectivity index (χ2v) is 6.71. The standard InChI is InChI=1S/C20H17N5O3S/c21-20(29-14-16-5-2-1-3-6-16)24-23-13-15-8-10-17(11-9-15)28-19-18(25(26)27)7-4-12-22-19/h1-13H,14H2,(H2,21,24). The van der Waals surface area contributed by atoms with Crippen molar-refractivity contribution in [3.63, 3.8) is 0 Å². The zero-order valence-corrected chi connectivity index (χ0v) is 16.0. The lowest BCUT2D eigenvalue weighted by atomic mass is 10.2. The third-order valence-corrected chi connectivity index (χ3v) is 4.49. The molecule has 0 saturated heterocycles. The topological polar surface area (TPSA) is 116 Å². The number of nitrogens with two attached hydrogens (primary N) is 1. The first kappa shape index (κ1) is 20.0. The molecule has 3 aromatic rings. The summed E-state index contributed by atoms with van der Waals surface area (Å²) < 4.78 is 5.49. The molecule has 0 saturated carbocycles. The van der Waals surface area contributed by atoms with Gasteiger partial charge in [0.2, 0.25) is 0 Å². The highest BCUT2D eigenvalue weighted by Gasteiger charge is 2.16. The molecule has 0 radical (unpaired) electrons. The summed E-state index contributed by atoms with van der Waals surface area (Å²) in [6.07, 6.45) is 2.99. The molecule has 0 aliphatic heterocycles. The Bertz CT molecular complexity index is 1020. The Kier molecular flexibility index (Phi) is 6.90. The van der Waals surface area contributed by atoms with Gasteiger partial charge in [-0.05, 0) is 41.5 Å². The molecule has 0 aliphatic carbocycles. The number of thioether (sulfide) groups is 1. The summed E-state index contributed by atoms with van der Waals surface area (Å²) >= 11 is 1.40. The van der Waals surface area contributed by atoms with Gasteiger partial charge >= 0.3 is 5.69 Å². The Labute approximate surface area is 171 Å². The van der Waals surface area contributed by atoms with Gasteiger partial charge in [0.25, 0.3) is 5.88 Å². The maximum atomic E-state index is 11.0. The second-order valence-electron chi connectivity index (χ2n) is 5.71. The first-order valence-corrected chi connectivity index (χ1v) is 9.51. The van der Waals surface area contributed by atoms with E-state index in [0.29, 0.717) is 10.9 Å². The number of aromatic nitrogens is 1. The van der Waals surface area contributed by atoms with E-state index in [1.807, 2.05) is 30.3 Å². The quantitative estimate of drug-likeness (QED) is 0.269. The molecule has 0 atom stereocenters. The van der Waals surface area contributed by atoms with E-state index >= 15 is 0 Å². The van der Waals surface area contributed by atoms with Crippen molar-refractivity contribution < 1.29 is 9.66 Å². The summed E-state index contributed by atoms with van der Waals surface area (Å²) in [4.78, 5) is 14.4. The van der Waals surface area contributed by atoms with Gasteiger partial charge in [-0.15, -0.1) is 5.10 Å². The normalized spacial score (nSPS) is 11.5. The fourth-order valence-electron chi connectivity index (χ4n) is 2.25. The predicted molar refractivity (Wildman–Crippen MR) is 114 cm³/mol. The molecular weight excluding hydrogens is 390 g/mol. The molecule has 29 heavy (non-hydrogen) atoms. The molecule has 0 aliphatic rings. The third kappa shape index (κ3) is 6.15. The van der Waals surface area contributed by atoms with E-state index < -0.39 is 4.92 Å². The number of pyridine rings is 1. The lowest BCUT2D eigenvalue weighted by molar-refractivity contribution is -0.386. The molecule has 2 N–H and O–H groups in total. The van der Waals surface area contributed by atoms with Gasteiger partial charge in [-0.1, -0.05) is 42.1 Å². The van der Waals surface area contributed by atoms with Crippen LogP contribution in [0.5, 0.6) is 11.6 Å². The number of hydrogen-bond acceptors (Lipinski definition) is 7. The largest absolute Gasteiger partial charge is 0.434 e. The van der Waals surface area contributed by atoms with Crippen LogP contribution < -0.4 is 10.5 Å². The van der Waals surface area contributed by atoms with Crippen LogP contribution in [0, 0.1) is 10.1 Å². The zero-order valence-electron chi connectivity index (χ0n) is 15.2. The number of amidine groups is 1. The lowest BCUT2D eigenvalue weighted by Gasteiger charge is -2.04. The number of ether oxygens (including phenoxy) is 1. The van der Waals surface area contributed by atoms with Crippen LogP contribution in [0.2, 0.25) is 0 Å². The summed E-state index contributed by atoms with van der Waals surface area (Å²) in [6.45, 7) is 0. The lowest BCUT2D eigenvalue weighted by Crippen LogP contribution is -2.05. The van der Waals surface area contributed by atoms with Crippen molar-refractivity contribution in [3.8, 4) is 11.6 Å². The average molecular weight is 407 g/mol. The van der Waals surface area contributed by atoms with Crippen LogP contribution in [-0.2, 0) is 5.75 Å². The zero-order chi connectivity index (χ0) is 20.5. The highest BCUT2D eigenvalue weighted by molar-refractivity contribution is 8.13. The molecule has 0 unspecified atom stereocenters. The highest BCUT2D eigenvalue weighted by atomic mass is 32.2. The van der Waals surface area contributed by atoms with Crippen molar-refractivity contribution in [2.75, 3.05) is 0 Å². The van der Waals surface area contributed by atoms with E-state index in [0.717, 1.165) is 16.9 Å². The van der Waals surface area contributed by atoms with E-state index in [9.17, 15) is 10.1 Å². The van der Waals surface area contributed by atoms with Gasteiger partial charge in [0.1, 0.15) is 5.75 Å². The molecular formula is C20H17N5O3S.